The summed E-state index contributed by atoms with van der Waals surface area (Å²) in [5.74, 6) is 0. The molecule has 0 saturated heterocycles. The first kappa shape index (κ1) is 23.1. The standard InChI is InChI=1S/C37H27NO/c1-26-14-16-29(17-15-26)30-10-7-11-32(24-30)38(31-20-18-28(19-21-31)27-8-3-2-4-9-27)33-22-23-35-34-12-5-6-13-36(34)39-37(35)25-33/h2-25H,1H3. The molecule has 0 spiro atoms. The number of benzene rings is 6. The van der Waals surface area contributed by atoms with Gasteiger partial charge in [-0.05, 0) is 71.6 Å². The van der Waals surface area contributed by atoms with Crippen LogP contribution in [-0.2, 0) is 0 Å². The second-order valence-corrected chi connectivity index (χ2v) is 9.94. The lowest BCUT2D eigenvalue weighted by Gasteiger charge is -2.26. The number of hydrogen-bond donors (Lipinski definition) is 0. The Hall–Kier alpha value is -5.08. The number of anilines is 3. The maximum atomic E-state index is 6.27. The van der Waals surface area contributed by atoms with Crippen LogP contribution in [0.1, 0.15) is 5.56 Å². The molecule has 0 aliphatic carbocycles. The van der Waals surface area contributed by atoms with Gasteiger partial charge in [0.05, 0.1) is 0 Å². The largest absolute Gasteiger partial charge is 0.456 e. The third-order valence-electron chi connectivity index (χ3n) is 7.34. The van der Waals surface area contributed by atoms with Crippen LogP contribution in [0, 0.1) is 6.92 Å². The zero-order chi connectivity index (χ0) is 26.2. The zero-order valence-electron chi connectivity index (χ0n) is 21.7. The van der Waals surface area contributed by atoms with Gasteiger partial charge in [0.2, 0.25) is 0 Å². The van der Waals surface area contributed by atoms with E-state index in [9.17, 15) is 0 Å². The van der Waals surface area contributed by atoms with Crippen molar-refractivity contribution in [1.29, 1.82) is 0 Å². The topological polar surface area (TPSA) is 16.4 Å². The second-order valence-electron chi connectivity index (χ2n) is 9.94. The Kier molecular flexibility index (Phi) is 5.71. The van der Waals surface area contributed by atoms with Crippen LogP contribution in [0.25, 0.3) is 44.2 Å². The minimum atomic E-state index is 0.884. The number of rotatable bonds is 5. The Morgan fingerprint density at radius 2 is 1.00 bits per heavy atom. The first-order chi connectivity index (χ1) is 19.2. The fraction of sp³-hybridized carbons (Fsp3) is 0.0270. The molecule has 0 aliphatic rings. The first-order valence-corrected chi connectivity index (χ1v) is 13.3. The van der Waals surface area contributed by atoms with Crippen molar-refractivity contribution in [2.45, 2.75) is 6.92 Å². The van der Waals surface area contributed by atoms with Crippen molar-refractivity contribution in [1.82, 2.24) is 0 Å². The van der Waals surface area contributed by atoms with Crippen molar-refractivity contribution >= 4 is 39.0 Å². The molecule has 6 aromatic carbocycles. The van der Waals surface area contributed by atoms with Gasteiger partial charge in [0.25, 0.3) is 0 Å². The molecule has 2 heteroatoms. The summed E-state index contributed by atoms with van der Waals surface area (Å²) in [6.07, 6.45) is 0. The van der Waals surface area contributed by atoms with Crippen LogP contribution < -0.4 is 4.90 Å². The quantitative estimate of drug-likeness (QED) is 0.233. The molecule has 1 heterocycles. The maximum absolute atomic E-state index is 6.27. The lowest BCUT2D eigenvalue weighted by Crippen LogP contribution is -2.10. The summed E-state index contributed by atoms with van der Waals surface area (Å²) in [6, 6.07) is 51.5. The zero-order valence-corrected chi connectivity index (χ0v) is 21.7. The molecule has 0 amide bonds. The number of nitrogens with zero attached hydrogens (tertiary/aromatic N) is 1. The van der Waals surface area contributed by atoms with Crippen LogP contribution in [0.4, 0.5) is 17.1 Å². The molecule has 0 saturated carbocycles. The van der Waals surface area contributed by atoms with E-state index in [-0.39, 0.29) is 0 Å². The number of aryl methyl sites for hydroxylation is 1. The molecular formula is C37H27NO. The van der Waals surface area contributed by atoms with Crippen LogP contribution in [-0.4, -0.2) is 0 Å². The van der Waals surface area contributed by atoms with Gasteiger partial charge in [-0.3, -0.25) is 0 Å². The SMILES string of the molecule is Cc1ccc(-c2cccc(N(c3ccc(-c4ccccc4)cc3)c3ccc4c(c3)oc3ccccc34)c2)cc1. The molecule has 0 aliphatic heterocycles. The fourth-order valence-electron chi connectivity index (χ4n) is 5.31. The summed E-state index contributed by atoms with van der Waals surface area (Å²) in [5.41, 5.74) is 11.1. The van der Waals surface area contributed by atoms with Gasteiger partial charge in [0.15, 0.2) is 0 Å². The molecule has 7 rings (SSSR count). The van der Waals surface area contributed by atoms with Crippen molar-refractivity contribution in [2.75, 3.05) is 4.90 Å². The molecule has 0 fully saturated rings. The summed E-state index contributed by atoms with van der Waals surface area (Å²) >= 11 is 0. The maximum Gasteiger partial charge on any atom is 0.137 e. The molecule has 39 heavy (non-hydrogen) atoms. The molecule has 0 N–H and O–H groups in total. The smallest absolute Gasteiger partial charge is 0.137 e. The highest BCUT2D eigenvalue weighted by Gasteiger charge is 2.16. The summed E-state index contributed by atoms with van der Waals surface area (Å²) in [4.78, 5) is 2.30. The predicted molar refractivity (Wildman–Crippen MR) is 164 cm³/mol. The van der Waals surface area contributed by atoms with Gasteiger partial charge in [-0.15, -0.1) is 0 Å². The first-order valence-electron chi connectivity index (χ1n) is 13.3. The normalized spacial score (nSPS) is 11.2. The Balaban J connectivity index is 1.37. The van der Waals surface area contributed by atoms with Crippen LogP contribution >= 0.6 is 0 Å². The van der Waals surface area contributed by atoms with Gasteiger partial charge in [-0.25, -0.2) is 0 Å². The summed E-state index contributed by atoms with van der Waals surface area (Å²) in [6.45, 7) is 2.12. The van der Waals surface area contributed by atoms with E-state index in [1.54, 1.807) is 0 Å². The van der Waals surface area contributed by atoms with E-state index in [0.717, 1.165) is 39.0 Å². The summed E-state index contributed by atoms with van der Waals surface area (Å²) in [7, 11) is 0. The van der Waals surface area contributed by atoms with Crippen LogP contribution in [0.5, 0.6) is 0 Å². The average molecular weight is 502 g/mol. The third kappa shape index (κ3) is 4.36. The highest BCUT2D eigenvalue weighted by atomic mass is 16.3. The Bertz CT molecular complexity index is 1900. The van der Waals surface area contributed by atoms with Crippen LogP contribution in [0.2, 0.25) is 0 Å². The summed E-state index contributed by atoms with van der Waals surface area (Å²) in [5, 5.41) is 2.27. The molecule has 0 bridgehead atoms. The highest BCUT2D eigenvalue weighted by molar-refractivity contribution is 6.06. The highest BCUT2D eigenvalue weighted by Crippen LogP contribution is 2.40. The molecule has 0 atom stereocenters. The van der Waals surface area contributed by atoms with Crippen molar-refractivity contribution in [3.63, 3.8) is 0 Å². The van der Waals surface area contributed by atoms with Gasteiger partial charge < -0.3 is 9.32 Å². The van der Waals surface area contributed by atoms with Gasteiger partial charge in [-0.2, -0.15) is 0 Å². The second kappa shape index (κ2) is 9.66. The van der Waals surface area contributed by atoms with Crippen molar-refractivity contribution < 1.29 is 4.42 Å². The number of para-hydroxylation sites is 1. The Morgan fingerprint density at radius 1 is 0.410 bits per heavy atom. The molecule has 186 valence electrons. The Morgan fingerprint density at radius 3 is 1.82 bits per heavy atom. The minimum absolute atomic E-state index is 0.884. The van der Waals surface area contributed by atoms with E-state index < -0.39 is 0 Å². The number of furan rings is 1. The fourth-order valence-corrected chi connectivity index (χ4v) is 5.31. The van der Waals surface area contributed by atoms with Gasteiger partial charge >= 0.3 is 0 Å². The van der Waals surface area contributed by atoms with Crippen LogP contribution in [0.3, 0.4) is 0 Å². The number of hydrogen-bond acceptors (Lipinski definition) is 2. The molecular weight excluding hydrogens is 474 g/mol. The third-order valence-corrected chi connectivity index (χ3v) is 7.34. The van der Waals surface area contributed by atoms with Crippen molar-refractivity contribution in [3.05, 3.63) is 151 Å². The van der Waals surface area contributed by atoms with Gasteiger partial charge in [0.1, 0.15) is 11.2 Å². The molecule has 2 nitrogen and oxygen atoms in total. The lowest BCUT2D eigenvalue weighted by molar-refractivity contribution is 0.669. The van der Waals surface area contributed by atoms with E-state index in [4.69, 9.17) is 4.42 Å². The van der Waals surface area contributed by atoms with Gasteiger partial charge in [0, 0.05) is 33.9 Å². The van der Waals surface area contributed by atoms with Crippen molar-refractivity contribution in [3.8, 4) is 22.3 Å². The Labute approximate surface area is 228 Å². The van der Waals surface area contributed by atoms with Crippen LogP contribution in [0.15, 0.2) is 150 Å². The molecule has 7 aromatic rings. The molecule has 0 unspecified atom stereocenters. The number of fused-ring (bicyclic) bond motifs is 3. The van der Waals surface area contributed by atoms with Crippen molar-refractivity contribution in [2.24, 2.45) is 0 Å². The van der Waals surface area contributed by atoms with E-state index in [1.165, 1.54) is 27.8 Å². The monoisotopic (exact) mass is 501 g/mol. The molecule has 0 radical (unpaired) electrons. The van der Waals surface area contributed by atoms with E-state index in [1.807, 2.05) is 12.1 Å². The van der Waals surface area contributed by atoms with E-state index in [2.05, 4.69) is 145 Å². The van der Waals surface area contributed by atoms with E-state index in [0.29, 0.717) is 0 Å². The summed E-state index contributed by atoms with van der Waals surface area (Å²) < 4.78 is 6.27. The van der Waals surface area contributed by atoms with E-state index >= 15 is 0 Å². The minimum Gasteiger partial charge on any atom is -0.456 e. The lowest BCUT2D eigenvalue weighted by atomic mass is 10.0. The average Bonchev–Trinajstić information content (AvgIpc) is 3.37. The predicted octanol–water partition coefficient (Wildman–Crippen LogP) is 10.7. The molecule has 1 aromatic heterocycles. The van der Waals surface area contributed by atoms with Gasteiger partial charge in [-0.1, -0.05) is 103 Å².